The van der Waals surface area contributed by atoms with E-state index in [1.54, 1.807) is 126 Å². The molecule has 3 aromatic rings. The zero-order chi connectivity index (χ0) is 40.4. The van der Waals surface area contributed by atoms with Crippen molar-refractivity contribution in [2.24, 2.45) is 28.1 Å². The minimum atomic E-state index is -1.98. The van der Waals surface area contributed by atoms with Crippen molar-refractivity contribution < 1.29 is 48.7 Å². The Balaban J connectivity index is 1.31. The van der Waals surface area contributed by atoms with E-state index < -0.39 is 88.1 Å². The van der Waals surface area contributed by atoms with E-state index in [4.69, 9.17) is 14.2 Å². The van der Waals surface area contributed by atoms with Gasteiger partial charge in [0.25, 0.3) is 5.91 Å². The first-order valence-electron chi connectivity index (χ1n) is 19.3. The van der Waals surface area contributed by atoms with Crippen LogP contribution in [0.25, 0.3) is 0 Å². The topological polar surface area (TPSA) is 169 Å². The summed E-state index contributed by atoms with van der Waals surface area (Å²) in [7, 11) is 0. The summed E-state index contributed by atoms with van der Waals surface area (Å²) in [5.41, 5.74) is -3.45. The molecular formula is C45H51NO10. The molecule has 296 valence electrons. The van der Waals surface area contributed by atoms with Crippen LogP contribution in [-0.2, 0) is 23.8 Å². The van der Waals surface area contributed by atoms with Crippen molar-refractivity contribution in [1.29, 1.82) is 0 Å². The number of rotatable bonds is 8. The molecule has 56 heavy (non-hydrogen) atoms. The molecule has 0 unspecified atom stereocenters. The highest BCUT2D eigenvalue weighted by molar-refractivity contribution is 5.95. The Labute approximate surface area is 327 Å². The highest BCUT2D eigenvalue weighted by atomic mass is 16.6. The summed E-state index contributed by atoms with van der Waals surface area (Å²) in [5, 5.41) is 39.8. The number of nitrogens with one attached hydrogen (secondary N) is 1. The maximum absolute atomic E-state index is 15.1. The number of carbonyl (C=O) groups excluding carboxylic acids is 4. The molecule has 3 aliphatic carbocycles. The van der Waals surface area contributed by atoms with Gasteiger partial charge in [-0.3, -0.25) is 9.59 Å². The van der Waals surface area contributed by atoms with Crippen molar-refractivity contribution >= 4 is 23.6 Å². The number of fused-ring (bicyclic) bond motifs is 5. The SMILES string of the molecule is CC1=C2[C@@H](C)C(=O)[C@@]3(C)[C@H]([C@H](OC(=O)c4ccccc4)[C@](O)(C[C@@H]1OC(=O)[C@H](O)[C@@H](NC(=O)c1ccccc1)c1ccccc1)C2(C)C)[C@]1(C)CO[C@@H]1C[C@@H]3O. The summed E-state index contributed by atoms with van der Waals surface area (Å²) < 4.78 is 18.6. The van der Waals surface area contributed by atoms with Crippen LogP contribution in [0.1, 0.15) is 86.7 Å². The standard InChI is InChI=1S/C45H51NO10/c1-25-30(55-41(52)35(48)34(27-16-10-7-11-17-27)46-39(50)28-18-12-8-13-19-28)23-45(53)38(56-40(51)29-20-14-9-15-21-29)36-43(5)24-54-32(43)22-31(47)44(36,6)37(49)26(2)33(25)42(45,3)4/h7-21,26,30-32,34-36,38,47-48,53H,22-24H2,1-6H3,(H,46,50)/t26-,30+,31+,32-,34+,35-,36-,38+,43-,44-,45-/m1/s1. The van der Waals surface area contributed by atoms with E-state index in [1.165, 1.54) is 0 Å². The van der Waals surface area contributed by atoms with Crippen LogP contribution in [0, 0.1) is 28.1 Å². The summed E-state index contributed by atoms with van der Waals surface area (Å²) in [6.07, 6.45) is -6.16. The van der Waals surface area contributed by atoms with Gasteiger partial charge >= 0.3 is 11.9 Å². The number of hydrogen-bond donors (Lipinski definition) is 4. The van der Waals surface area contributed by atoms with Gasteiger partial charge in [0.1, 0.15) is 23.6 Å². The first-order chi connectivity index (χ1) is 26.5. The van der Waals surface area contributed by atoms with Gasteiger partial charge in [0.2, 0.25) is 0 Å². The lowest BCUT2D eigenvalue weighted by atomic mass is 9.41. The van der Waals surface area contributed by atoms with Crippen LogP contribution in [0.15, 0.2) is 102 Å². The highest BCUT2D eigenvalue weighted by Gasteiger charge is 2.74. The zero-order valence-corrected chi connectivity index (χ0v) is 32.6. The number of amides is 1. The monoisotopic (exact) mass is 765 g/mol. The largest absolute Gasteiger partial charge is 0.456 e. The normalized spacial score (nSPS) is 34.3. The Kier molecular flexibility index (Phi) is 10.1. The third kappa shape index (κ3) is 6.11. The van der Waals surface area contributed by atoms with E-state index in [2.05, 4.69) is 5.32 Å². The smallest absolute Gasteiger partial charge is 0.338 e. The minimum absolute atomic E-state index is 0.197. The van der Waals surface area contributed by atoms with Gasteiger partial charge in [0, 0.05) is 41.1 Å². The molecule has 1 heterocycles. The van der Waals surface area contributed by atoms with Crippen molar-refractivity contribution in [3.63, 3.8) is 0 Å². The molecule has 1 aliphatic heterocycles. The molecule has 4 aliphatic rings. The van der Waals surface area contributed by atoms with Gasteiger partial charge in [-0.1, -0.05) is 94.4 Å². The lowest BCUT2D eigenvalue weighted by molar-refractivity contribution is -0.312. The average molecular weight is 766 g/mol. The van der Waals surface area contributed by atoms with Crippen LogP contribution in [0.3, 0.4) is 0 Å². The lowest BCUT2D eigenvalue weighted by Crippen LogP contribution is -2.77. The van der Waals surface area contributed by atoms with Crippen LogP contribution in [0.2, 0.25) is 0 Å². The molecule has 2 bridgehead atoms. The Bertz CT molecular complexity index is 2030. The first-order valence-corrected chi connectivity index (χ1v) is 19.3. The number of esters is 2. The third-order valence-electron chi connectivity index (χ3n) is 13.6. The number of Topliss-reactive ketones (excluding diaryl/α,β-unsaturated/α-hetero) is 1. The van der Waals surface area contributed by atoms with Gasteiger partial charge < -0.3 is 34.8 Å². The zero-order valence-electron chi connectivity index (χ0n) is 32.6. The van der Waals surface area contributed by atoms with Gasteiger partial charge in [0.15, 0.2) is 6.10 Å². The predicted octanol–water partition coefficient (Wildman–Crippen LogP) is 5.14. The molecule has 11 heteroatoms. The van der Waals surface area contributed by atoms with E-state index in [9.17, 15) is 29.7 Å². The van der Waals surface area contributed by atoms with Crippen LogP contribution in [0.4, 0.5) is 0 Å². The number of benzene rings is 3. The van der Waals surface area contributed by atoms with Crippen molar-refractivity contribution in [1.82, 2.24) is 5.32 Å². The van der Waals surface area contributed by atoms with Crippen molar-refractivity contribution in [2.75, 3.05) is 6.61 Å². The van der Waals surface area contributed by atoms with Crippen LogP contribution >= 0.6 is 0 Å². The van der Waals surface area contributed by atoms with E-state index in [-0.39, 0.29) is 30.8 Å². The second kappa shape index (κ2) is 14.4. The van der Waals surface area contributed by atoms with E-state index in [1.807, 2.05) is 6.92 Å². The first kappa shape index (κ1) is 39.6. The summed E-state index contributed by atoms with van der Waals surface area (Å²) in [6, 6.07) is 24.1. The number of aliphatic hydroxyl groups is 3. The molecule has 1 amide bonds. The quantitative estimate of drug-likeness (QED) is 0.178. The molecule has 4 N–H and O–H groups in total. The van der Waals surface area contributed by atoms with Crippen LogP contribution < -0.4 is 5.32 Å². The van der Waals surface area contributed by atoms with Gasteiger partial charge in [-0.15, -0.1) is 0 Å². The summed E-state index contributed by atoms with van der Waals surface area (Å²) in [4.78, 5) is 56.7. The second-order valence-electron chi connectivity index (χ2n) is 17.0. The fourth-order valence-corrected chi connectivity index (χ4v) is 10.4. The van der Waals surface area contributed by atoms with Crippen LogP contribution in [0.5, 0.6) is 0 Å². The molecule has 1 saturated heterocycles. The van der Waals surface area contributed by atoms with Crippen molar-refractivity contribution in [3.05, 3.63) is 119 Å². The average Bonchev–Trinajstić information content (AvgIpc) is 3.19. The van der Waals surface area contributed by atoms with E-state index >= 15 is 4.79 Å². The lowest BCUT2D eigenvalue weighted by Gasteiger charge is -2.68. The Hall–Kier alpha value is -4.68. The second-order valence-corrected chi connectivity index (χ2v) is 17.0. The Morgan fingerprint density at radius 1 is 0.875 bits per heavy atom. The fraction of sp³-hybridized carbons (Fsp3) is 0.467. The number of ketones is 1. The van der Waals surface area contributed by atoms with E-state index in [0.29, 0.717) is 22.3 Å². The number of hydrogen-bond acceptors (Lipinski definition) is 10. The molecule has 2 saturated carbocycles. The van der Waals surface area contributed by atoms with Gasteiger partial charge in [-0.2, -0.15) is 0 Å². The predicted molar refractivity (Wildman–Crippen MR) is 205 cm³/mol. The van der Waals surface area contributed by atoms with Crippen molar-refractivity contribution in [3.8, 4) is 0 Å². The molecule has 11 atom stereocenters. The van der Waals surface area contributed by atoms with E-state index in [0.717, 1.165) is 0 Å². The number of carbonyl (C=O) groups is 4. The molecule has 0 radical (unpaired) electrons. The molecule has 11 nitrogen and oxygen atoms in total. The number of ether oxygens (including phenoxy) is 3. The van der Waals surface area contributed by atoms with Crippen molar-refractivity contribution in [2.45, 2.75) is 96.5 Å². The van der Waals surface area contributed by atoms with Crippen LogP contribution in [-0.4, -0.2) is 81.7 Å². The fourth-order valence-electron chi connectivity index (χ4n) is 10.4. The minimum Gasteiger partial charge on any atom is -0.456 e. The molecule has 3 fully saturated rings. The molecular weight excluding hydrogens is 714 g/mol. The summed E-state index contributed by atoms with van der Waals surface area (Å²) in [5.74, 6) is -4.36. The number of aliphatic hydroxyl groups excluding tert-OH is 2. The molecule has 3 aromatic carbocycles. The maximum Gasteiger partial charge on any atom is 0.338 e. The van der Waals surface area contributed by atoms with Gasteiger partial charge in [-0.25, -0.2) is 9.59 Å². The maximum atomic E-state index is 15.1. The Morgan fingerprint density at radius 2 is 1.45 bits per heavy atom. The Morgan fingerprint density at radius 3 is 2.02 bits per heavy atom. The van der Waals surface area contributed by atoms with Gasteiger partial charge in [0.05, 0.1) is 35.8 Å². The summed E-state index contributed by atoms with van der Waals surface area (Å²) in [6.45, 7) is 10.9. The third-order valence-corrected chi connectivity index (χ3v) is 13.6. The molecule has 7 rings (SSSR count). The summed E-state index contributed by atoms with van der Waals surface area (Å²) >= 11 is 0. The molecule has 0 spiro atoms. The highest BCUT2D eigenvalue weighted by Crippen LogP contribution is 2.66. The molecule has 0 aromatic heterocycles. The van der Waals surface area contributed by atoms with Gasteiger partial charge in [-0.05, 0) is 54.8 Å².